The molecule has 1 aromatic rings. The van der Waals surface area contributed by atoms with E-state index in [-0.39, 0.29) is 0 Å². The molecule has 1 aromatic heterocycles. The number of anilines is 1. The van der Waals surface area contributed by atoms with Crippen LogP contribution in [-0.2, 0) is 0 Å². The molecule has 1 unspecified atom stereocenters. The lowest BCUT2D eigenvalue weighted by Gasteiger charge is -2.47. The summed E-state index contributed by atoms with van der Waals surface area (Å²) in [6.07, 6.45) is 6.77. The Morgan fingerprint density at radius 1 is 1.47 bits per heavy atom. The van der Waals surface area contributed by atoms with Crippen LogP contribution in [0.5, 0.6) is 0 Å². The summed E-state index contributed by atoms with van der Waals surface area (Å²) >= 11 is 1.81. The van der Waals surface area contributed by atoms with Gasteiger partial charge in [0, 0.05) is 35.7 Å². The van der Waals surface area contributed by atoms with E-state index in [4.69, 9.17) is 0 Å². The first kappa shape index (κ1) is 11.5. The molecule has 1 atom stereocenters. The molecule has 2 heterocycles. The zero-order valence-corrected chi connectivity index (χ0v) is 11.4. The fourth-order valence-corrected chi connectivity index (χ4v) is 4.08. The smallest absolute Gasteiger partial charge is 0.0478 e. The Morgan fingerprint density at radius 2 is 2.29 bits per heavy atom. The summed E-state index contributed by atoms with van der Waals surface area (Å²) in [6, 6.07) is 2.96. The highest BCUT2D eigenvalue weighted by Gasteiger charge is 2.40. The summed E-state index contributed by atoms with van der Waals surface area (Å²) < 4.78 is 0. The van der Waals surface area contributed by atoms with E-state index in [0.29, 0.717) is 11.6 Å². The van der Waals surface area contributed by atoms with Crippen LogP contribution in [0.3, 0.4) is 0 Å². The van der Waals surface area contributed by atoms with Crippen LogP contribution >= 0.6 is 11.3 Å². The topological polar surface area (TPSA) is 15.3 Å². The van der Waals surface area contributed by atoms with E-state index < -0.39 is 0 Å². The molecular formula is C14H22N2S. The third-order valence-electron chi connectivity index (χ3n) is 4.50. The van der Waals surface area contributed by atoms with Crippen molar-refractivity contribution in [2.45, 2.75) is 50.6 Å². The molecule has 0 amide bonds. The van der Waals surface area contributed by atoms with Gasteiger partial charge in [-0.3, -0.25) is 0 Å². The van der Waals surface area contributed by atoms with E-state index in [1.165, 1.54) is 44.3 Å². The van der Waals surface area contributed by atoms with Gasteiger partial charge in [0.05, 0.1) is 0 Å². The third kappa shape index (κ3) is 2.11. The van der Waals surface area contributed by atoms with Crippen LogP contribution in [0.2, 0.25) is 0 Å². The number of rotatable bonds is 2. The van der Waals surface area contributed by atoms with Gasteiger partial charge in [0.2, 0.25) is 0 Å². The lowest BCUT2D eigenvalue weighted by molar-refractivity contribution is 0.267. The minimum atomic E-state index is 0.424. The van der Waals surface area contributed by atoms with Crippen molar-refractivity contribution in [1.29, 1.82) is 0 Å². The molecule has 1 aliphatic carbocycles. The van der Waals surface area contributed by atoms with Gasteiger partial charge in [-0.25, -0.2) is 0 Å². The molecule has 1 spiro atoms. The summed E-state index contributed by atoms with van der Waals surface area (Å²) in [5, 5.41) is 8.35. The van der Waals surface area contributed by atoms with Crippen LogP contribution in [0.15, 0.2) is 16.8 Å². The minimum Gasteiger partial charge on any atom is -0.365 e. The minimum absolute atomic E-state index is 0.424. The Bertz CT molecular complexity index is 354. The normalized spacial score (nSPS) is 27.8. The number of nitrogens with one attached hydrogen (secondary N) is 1. The maximum atomic E-state index is 3.85. The predicted octanol–water partition coefficient (Wildman–Crippen LogP) is 3.25. The molecule has 17 heavy (non-hydrogen) atoms. The van der Waals surface area contributed by atoms with E-state index in [0.717, 1.165) is 6.54 Å². The Morgan fingerprint density at radius 3 is 2.94 bits per heavy atom. The lowest BCUT2D eigenvalue weighted by Crippen LogP contribution is -2.63. The highest BCUT2D eigenvalue weighted by Crippen LogP contribution is 2.36. The molecule has 1 saturated carbocycles. The number of nitrogens with zero attached hydrogens (tertiary/aromatic N) is 1. The third-order valence-corrected chi connectivity index (χ3v) is 5.17. The average Bonchev–Trinajstić information content (AvgIpc) is 3.00. The number of piperazine rings is 1. The summed E-state index contributed by atoms with van der Waals surface area (Å²) in [4.78, 5) is 2.65. The van der Waals surface area contributed by atoms with E-state index in [1.807, 2.05) is 11.3 Å². The molecule has 2 fully saturated rings. The Kier molecular flexibility index (Phi) is 3.14. The molecule has 1 N–H and O–H groups in total. The number of thiophene rings is 1. The van der Waals surface area contributed by atoms with Crippen LogP contribution in [0, 0.1) is 0 Å². The van der Waals surface area contributed by atoms with Crippen molar-refractivity contribution in [3.05, 3.63) is 16.8 Å². The highest BCUT2D eigenvalue weighted by atomic mass is 32.1. The monoisotopic (exact) mass is 250 g/mol. The molecular weight excluding hydrogens is 228 g/mol. The SMILES string of the molecule is CCC1CNC2(CCCC2)CN1c1ccsc1. The molecule has 0 radical (unpaired) electrons. The molecule has 2 nitrogen and oxygen atoms in total. The first-order valence-electron chi connectivity index (χ1n) is 6.87. The first-order chi connectivity index (χ1) is 8.33. The Labute approximate surface area is 108 Å². The lowest BCUT2D eigenvalue weighted by atomic mass is 9.91. The van der Waals surface area contributed by atoms with E-state index >= 15 is 0 Å². The van der Waals surface area contributed by atoms with Gasteiger partial charge in [0.1, 0.15) is 0 Å². The Balaban J connectivity index is 1.82. The molecule has 2 aliphatic rings. The van der Waals surface area contributed by atoms with Gasteiger partial charge in [-0.1, -0.05) is 19.8 Å². The van der Waals surface area contributed by atoms with Gasteiger partial charge in [-0.2, -0.15) is 11.3 Å². The average molecular weight is 250 g/mol. The van der Waals surface area contributed by atoms with Crippen LogP contribution in [0.25, 0.3) is 0 Å². The molecule has 0 aromatic carbocycles. The van der Waals surface area contributed by atoms with Crippen molar-refractivity contribution < 1.29 is 0 Å². The summed E-state index contributed by atoms with van der Waals surface area (Å²) in [6.45, 7) is 4.67. The van der Waals surface area contributed by atoms with Gasteiger partial charge in [0.25, 0.3) is 0 Å². The second kappa shape index (κ2) is 4.62. The summed E-state index contributed by atoms with van der Waals surface area (Å²) in [7, 11) is 0. The van der Waals surface area contributed by atoms with Crippen molar-refractivity contribution in [3.63, 3.8) is 0 Å². The van der Waals surface area contributed by atoms with Crippen LogP contribution in [-0.4, -0.2) is 24.7 Å². The molecule has 94 valence electrons. The van der Waals surface area contributed by atoms with E-state index in [9.17, 15) is 0 Å². The Hall–Kier alpha value is -0.540. The maximum absolute atomic E-state index is 3.85. The number of hydrogen-bond donors (Lipinski definition) is 1. The fraction of sp³-hybridized carbons (Fsp3) is 0.714. The quantitative estimate of drug-likeness (QED) is 0.867. The highest BCUT2D eigenvalue weighted by molar-refractivity contribution is 7.08. The largest absolute Gasteiger partial charge is 0.365 e. The van der Waals surface area contributed by atoms with Crippen LogP contribution in [0.1, 0.15) is 39.0 Å². The van der Waals surface area contributed by atoms with Gasteiger partial charge in [-0.05, 0) is 30.7 Å². The van der Waals surface area contributed by atoms with Gasteiger partial charge in [0.15, 0.2) is 0 Å². The molecule has 3 heteroatoms. The predicted molar refractivity (Wildman–Crippen MR) is 74.9 cm³/mol. The molecule has 3 rings (SSSR count). The standard InChI is InChI=1S/C14H22N2S/c1-2-12-9-15-14(6-3-4-7-14)11-16(12)13-5-8-17-10-13/h5,8,10,12,15H,2-4,6-7,9,11H2,1H3. The first-order valence-corrected chi connectivity index (χ1v) is 7.81. The van der Waals surface area contributed by atoms with Crippen molar-refractivity contribution >= 4 is 17.0 Å². The van der Waals surface area contributed by atoms with Gasteiger partial charge >= 0.3 is 0 Å². The van der Waals surface area contributed by atoms with Gasteiger partial charge < -0.3 is 10.2 Å². The zero-order chi connectivity index (χ0) is 11.7. The number of hydrogen-bond acceptors (Lipinski definition) is 3. The molecule has 1 aliphatic heterocycles. The van der Waals surface area contributed by atoms with Crippen molar-refractivity contribution in [2.24, 2.45) is 0 Å². The second-order valence-corrected chi connectivity index (χ2v) is 6.32. The van der Waals surface area contributed by atoms with Crippen LogP contribution in [0.4, 0.5) is 5.69 Å². The van der Waals surface area contributed by atoms with Gasteiger partial charge in [-0.15, -0.1) is 0 Å². The van der Waals surface area contributed by atoms with Crippen molar-refractivity contribution in [3.8, 4) is 0 Å². The second-order valence-electron chi connectivity index (χ2n) is 5.54. The van der Waals surface area contributed by atoms with E-state index in [1.54, 1.807) is 0 Å². The van der Waals surface area contributed by atoms with Crippen molar-refractivity contribution in [2.75, 3.05) is 18.0 Å². The molecule has 1 saturated heterocycles. The van der Waals surface area contributed by atoms with E-state index in [2.05, 4.69) is 34.0 Å². The summed E-state index contributed by atoms with van der Waals surface area (Å²) in [5.74, 6) is 0. The van der Waals surface area contributed by atoms with Crippen molar-refractivity contribution in [1.82, 2.24) is 5.32 Å². The molecule has 0 bridgehead atoms. The zero-order valence-electron chi connectivity index (χ0n) is 10.6. The van der Waals surface area contributed by atoms with Crippen LogP contribution < -0.4 is 10.2 Å². The fourth-order valence-electron chi connectivity index (χ4n) is 3.43. The maximum Gasteiger partial charge on any atom is 0.0478 e. The summed E-state index contributed by atoms with van der Waals surface area (Å²) in [5.41, 5.74) is 1.86.